The molecule has 23 heavy (non-hydrogen) atoms. The summed E-state index contributed by atoms with van der Waals surface area (Å²) in [6.07, 6.45) is 0. The molecule has 1 aliphatic rings. The highest BCUT2D eigenvalue weighted by Gasteiger charge is 2.23. The summed E-state index contributed by atoms with van der Waals surface area (Å²) in [7, 11) is 0. The molecule has 0 bridgehead atoms. The van der Waals surface area contributed by atoms with Gasteiger partial charge in [0.15, 0.2) is 0 Å². The Morgan fingerprint density at radius 1 is 1.00 bits per heavy atom. The Labute approximate surface area is 146 Å². The van der Waals surface area contributed by atoms with E-state index in [0.717, 1.165) is 36.2 Å². The first kappa shape index (κ1) is 16.1. The minimum atomic E-state index is 0.118. The van der Waals surface area contributed by atoms with Crippen molar-refractivity contribution >= 4 is 27.5 Å². The van der Waals surface area contributed by atoms with Gasteiger partial charge in [-0.3, -0.25) is 4.79 Å². The van der Waals surface area contributed by atoms with Crippen molar-refractivity contribution in [1.82, 2.24) is 4.90 Å². The standard InChI is InChI=1S/C19H21BrN2O/c1-14-6-7-15(2)18(12-14)21-8-10-22(11-9-21)19(23)16-4-3-5-17(20)13-16/h3-7,12-13H,8-11H2,1-2H3. The number of piperazine rings is 1. The van der Waals surface area contributed by atoms with Crippen molar-refractivity contribution in [1.29, 1.82) is 0 Å². The maximum atomic E-state index is 12.6. The van der Waals surface area contributed by atoms with Crippen LogP contribution in [0.2, 0.25) is 0 Å². The van der Waals surface area contributed by atoms with Crippen LogP contribution in [0.1, 0.15) is 21.5 Å². The first-order valence-corrected chi connectivity index (χ1v) is 8.71. The van der Waals surface area contributed by atoms with Crippen molar-refractivity contribution in [2.45, 2.75) is 13.8 Å². The van der Waals surface area contributed by atoms with Gasteiger partial charge in [0.25, 0.3) is 5.91 Å². The SMILES string of the molecule is Cc1ccc(C)c(N2CCN(C(=O)c3cccc(Br)c3)CC2)c1. The van der Waals surface area contributed by atoms with Gasteiger partial charge < -0.3 is 9.80 Å². The molecular weight excluding hydrogens is 352 g/mol. The molecule has 2 aromatic rings. The highest BCUT2D eigenvalue weighted by atomic mass is 79.9. The molecule has 2 aromatic carbocycles. The van der Waals surface area contributed by atoms with Gasteiger partial charge >= 0.3 is 0 Å². The molecule has 3 nitrogen and oxygen atoms in total. The molecule has 0 aromatic heterocycles. The van der Waals surface area contributed by atoms with Crippen LogP contribution in [0.4, 0.5) is 5.69 Å². The fourth-order valence-corrected chi connectivity index (χ4v) is 3.41. The molecule has 0 aliphatic carbocycles. The molecule has 1 heterocycles. The molecule has 120 valence electrons. The van der Waals surface area contributed by atoms with E-state index >= 15 is 0 Å². The Bertz CT molecular complexity index is 721. The number of nitrogens with zero attached hydrogens (tertiary/aromatic N) is 2. The van der Waals surface area contributed by atoms with Crippen molar-refractivity contribution in [2.75, 3.05) is 31.1 Å². The lowest BCUT2D eigenvalue weighted by Crippen LogP contribution is -2.49. The lowest BCUT2D eigenvalue weighted by atomic mass is 10.1. The van der Waals surface area contributed by atoms with E-state index in [1.54, 1.807) is 0 Å². The minimum absolute atomic E-state index is 0.118. The molecule has 0 saturated carbocycles. The highest BCUT2D eigenvalue weighted by Crippen LogP contribution is 2.23. The zero-order valence-electron chi connectivity index (χ0n) is 13.6. The molecule has 0 unspecified atom stereocenters. The molecule has 1 amide bonds. The largest absolute Gasteiger partial charge is 0.368 e. The minimum Gasteiger partial charge on any atom is -0.368 e. The Morgan fingerprint density at radius 2 is 1.74 bits per heavy atom. The average molecular weight is 373 g/mol. The normalized spacial score (nSPS) is 14.9. The van der Waals surface area contributed by atoms with Crippen molar-refractivity contribution in [3.8, 4) is 0 Å². The summed E-state index contributed by atoms with van der Waals surface area (Å²) in [4.78, 5) is 16.9. The van der Waals surface area contributed by atoms with E-state index in [0.29, 0.717) is 0 Å². The molecule has 1 fully saturated rings. The second-order valence-corrected chi connectivity index (χ2v) is 7.00. The van der Waals surface area contributed by atoms with E-state index in [4.69, 9.17) is 0 Å². The van der Waals surface area contributed by atoms with Crippen LogP contribution in [0.15, 0.2) is 46.9 Å². The molecule has 0 spiro atoms. The molecule has 0 atom stereocenters. The quantitative estimate of drug-likeness (QED) is 0.794. The van der Waals surface area contributed by atoms with E-state index < -0.39 is 0 Å². The summed E-state index contributed by atoms with van der Waals surface area (Å²) >= 11 is 3.43. The number of carbonyl (C=O) groups is 1. The smallest absolute Gasteiger partial charge is 0.254 e. The molecular formula is C19H21BrN2O. The summed E-state index contributed by atoms with van der Waals surface area (Å²) in [5.74, 6) is 0.118. The van der Waals surface area contributed by atoms with Gasteiger partial charge in [-0.2, -0.15) is 0 Å². The van der Waals surface area contributed by atoms with E-state index in [-0.39, 0.29) is 5.91 Å². The number of anilines is 1. The Kier molecular flexibility index (Phi) is 4.71. The van der Waals surface area contributed by atoms with E-state index in [1.165, 1.54) is 16.8 Å². The second kappa shape index (κ2) is 6.75. The van der Waals surface area contributed by atoms with Crippen molar-refractivity contribution in [3.63, 3.8) is 0 Å². The number of hydrogen-bond acceptors (Lipinski definition) is 2. The number of benzene rings is 2. The molecule has 4 heteroatoms. The van der Waals surface area contributed by atoms with E-state index in [9.17, 15) is 4.79 Å². The van der Waals surface area contributed by atoms with Gasteiger partial charge in [0.05, 0.1) is 0 Å². The first-order chi connectivity index (χ1) is 11.0. The van der Waals surface area contributed by atoms with Crippen LogP contribution in [0.3, 0.4) is 0 Å². The van der Waals surface area contributed by atoms with Crippen LogP contribution in [-0.4, -0.2) is 37.0 Å². The predicted molar refractivity (Wildman–Crippen MR) is 98.2 cm³/mol. The highest BCUT2D eigenvalue weighted by molar-refractivity contribution is 9.10. The number of halogens is 1. The maximum absolute atomic E-state index is 12.6. The van der Waals surface area contributed by atoms with Gasteiger partial charge in [-0.05, 0) is 49.2 Å². The van der Waals surface area contributed by atoms with E-state index in [2.05, 4.69) is 52.9 Å². The topological polar surface area (TPSA) is 23.6 Å². The monoisotopic (exact) mass is 372 g/mol. The number of rotatable bonds is 2. The Balaban J connectivity index is 1.69. The summed E-state index contributed by atoms with van der Waals surface area (Å²) < 4.78 is 0.942. The maximum Gasteiger partial charge on any atom is 0.254 e. The van der Waals surface area contributed by atoms with Gasteiger partial charge in [-0.15, -0.1) is 0 Å². The van der Waals surface area contributed by atoms with Crippen LogP contribution in [0.25, 0.3) is 0 Å². The molecule has 0 N–H and O–H groups in total. The van der Waals surface area contributed by atoms with Gasteiger partial charge in [-0.1, -0.05) is 34.1 Å². The van der Waals surface area contributed by atoms with E-state index in [1.807, 2.05) is 29.2 Å². The molecule has 3 rings (SSSR count). The van der Waals surface area contributed by atoms with Gasteiger partial charge in [0.2, 0.25) is 0 Å². The van der Waals surface area contributed by atoms with Gasteiger partial charge in [-0.25, -0.2) is 0 Å². The third-order valence-corrected chi connectivity index (χ3v) is 4.84. The van der Waals surface area contributed by atoms with Crippen LogP contribution < -0.4 is 4.90 Å². The summed E-state index contributed by atoms with van der Waals surface area (Å²) in [5, 5.41) is 0. The summed E-state index contributed by atoms with van der Waals surface area (Å²) in [6.45, 7) is 7.55. The Morgan fingerprint density at radius 3 is 2.43 bits per heavy atom. The average Bonchev–Trinajstić information content (AvgIpc) is 2.56. The van der Waals surface area contributed by atoms with Crippen molar-refractivity contribution in [2.24, 2.45) is 0 Å². The third-order valence-electron chi connectivity index (χ3n) is 4.34. The van der Waals surface area contributed by atoms with Crippen LogP contribution >= 0.6 is 15.9 Å². The summed E-state index contributed by atoms with van der Waals surface area (Å²) in [6, 6.07) is 14.2. The second-order valence-electron chi connectivity index (χ2n) is 6.08. The number of amides is 1. The predicted octanol–water partition coefficient (Wildman–Crippen LogP) is 4.03. The van der Waals surface area contributed by atoms with Crippen LogP contribution in [0, 0.1) is 13.8 Å². The van der Waals surface area contributed by atoms with Crippen LogP contribution in [-0.2, 0) is 0 Å². The molecule has 1 aliphatic heterocycles. The lowest BCUT2D eigenvalue weighted by Gasteiger charge is -2.37. The molecule has 0 radical (unpaired) electrons. The number of aryl methyl sites for hydroxylation is 2. The fraction of sp³-hybridized carbons (Fsp3) is 0.316. The Hall–Kier alpha value is -1.81. The zero-order valence-corrected chi connectivity index (χ0v) is 15.1. The molecule has 1 saturated heterocycles. The number of hydrogen-bond donors (Lipinski definition) is 0. The first-order valence-electron chi connectivity index (χ1n) is 7.91. The van der Waals surface area contributed by atoms with Crippen molar-refractivity contribution in [3.05, 3.63) is 63.6 Å². The zero-order chi connectivity index (χ0) is 16.4. The third kappa shape index (κ3) is 3.58. The van der Waals surface area contributed by atoms with Crippen molar-refractivity contribution < 1.29 is 4.79 Å². The van der Waals surface area contributed by atoms with Gasteiger partial charge in [0, 0.05) is 41.9 Å². The van der Waals surface area contributed by atoms with Gasteiger partial charge in [0.1, 0.15) is 0 Å². The fourth-order valence-electron chi connectivity index (χ4n) is 3.01. The summed E-state index contributed by atoms with van der Waals surface area (Å²) in [5.41, 5.74) is 4.61. The lowest BCUT2D eigenvalue weighted by molar-refractivity contribution is 0.0746. The number of carbonyl (C=O) groups excluding carboxylic acids is 1. The van der Waals surface area contributed by atoms with Crippen LogP contribution in [0.5, 0.6) is 0 Å².